The SMILES string of the molecule is CCc1nnc(N2C[C@H](F)C[C@H]2C(=O)N2CCOCC2)nc1CC. The minimum Gasteiger partial charge on any atom is -0.378 e. The number of hydrogen-bond acceptors (Lipinski definition) is 6. The molecule has 0 radical (unpaired) electrons. The number of ether oxygens (including phenoxy) is 1. The smallest absolute Gasteiger partial charge is 0.246 e. The quantitative estimate of drug-likeness (QED) is 0.808. The predicted octanol–water partition coefficient (Wildman–Crippen LogP) is 0.772. The molecule has 0 aromatic carbocycles. The third kappa shape index (κ3) is 3.33. The van der Waals surface area contributed by atoms with Crippen molar-refractivity contribution in [3.05, 3.63) is 11.4 Å². The van der Waals surface area contributed by atoms with Gasteiger partial charge in [0, 0.05) is 19.5 Å². The molecular formula is C16H24FN5O2. The van der Waals surface area contributed by atoms with Crippen LogP contribution in [0.3, 0.4) is 0 Å². The van der Waals surface area contributed by atoms with Crippen molar-refractivity contribution in [1.29, 1.82) is 0 Å². The molecule has 1 aromatic heterocycles. The van der Waals surface area contributed by atoms with Gasteiger partial charge in [-0.1, -0.05) is 13.8 Å². The van der Waals surface area contributed by atoms with E-state index in [4.69, 9.17) is 4.74 Å². The van der Waals surface area contributed by atoms with E-state index >= 15 is 0 Å². The second-order valence-electron chi connectivity index (χ2n) is 6.15. The molecule has 0 aliphatic carbocycles. The number of alkyl halides is 1. The fourth-order valence-corrected chi connectivity index (χ4v) is 3.28. The summed E-state index contributed by atoms with van der Waals surface area (Å²) in [5.41, 5.74) is 1.72. The van der Waals surface area contributed by atoms with E-state index in [0.29, 0.717) is 32.3 Å². The Morgan fingerprint density at radius 1 is 1.21 bits per heavy atom. The van der Waals surface area contributed by atoms with E-state index in [-0.39, 0.29) is 18.9 Å². The molecule has 0 N–H and O–H groups in total. The zero-order chi connectivity index (χ0) is 17.1. The summed E-state index contributed by atoms with van der Waals surface area (Å²) in [4.78, 5) is 20.8. The Labute approximate surface area is 141 Å². The van der Waals surface area contributed by atoms with Gasteiger partial charge in [0.15, 0.2) is 0 Å². The summed E-state index contributed by atoms with van der Waals surface area (Å²) >= 11 is 0. The van der Waals surface area contributed by atoms with Crippen molar-refractivity contribution in [3.63, 3.8) is 0 Å². The Bertz CT molecular complexity index is 594. The van der Waals surface area contributed by atoms with E-state index < -0.39 is 12.2 Å². The van der Waals surface area contributed by atoms with Crippen LogP contribution in [0.4, 0.5) is 10.3 Å². The van der Waals surface area contributed by atoms with Crippen LogP contribution in [0.2, 0.25) is 0 Å². The third-order valence-corrected chi connectivity index (χ3v) is 4.61. The second-order valence-corrected chi connectivity index (χ2v) is 6.15. The molecule has 2 fully saturated rings. The average molecular weight is 337 g/mol. The molecule has 0 spiro atoms. The molecule has 24 heavy (non-hydrogen) atoms. The monoisotopic (exact) mass is 337 g/mol. The highest BCUT2D eigenvalue weighted by Crippen LogP contribution is 2.26. The van der Waals surface area contributed by atoms with Gasteiger partial charge in [0.2, 0.25) is 11.9 Å². The van der Waals surface area contributed by atoms with Crippen LogP contribution in [0.15, 0.2) is 0 Å². The molecule has 3 rings (SSSR count). The van der Waals surface area contributed by atoms with E-state index in [9.17, 15) is 9.18 Å². The molecule has 2 aliphatic heterocycles. The summed E-state index contributed by atoms with van der Waals surface area (Å²) in [5.74, 6) is 0.287. The highest BCUT2D eigenvalue weighted by Gasteiger charge is 2.41. The number of hydrogen-bond donors (Lipinski definition) is 0. The molecular weight excluding hydrogens is 313 g/mol. The first kappa shape index (κ1) is 17.0. The summed E-state index contributed by atoms with van der Waals surface area (Å²) < 4.78 is 19.3. The molecule has 3 heterocycles. The normalized spacial score (nSPS) is 24.5. The number of rotatable bonds is 4. The maximum Gasteiger partial charge on any atom is 0.246 e. The average Bonchev–Trinajstić information content (AvgIpc) is 3.03. The van der Waals surface area contributed by atoms with Crippen molar-refractivity contribution in [3.8, 4) is 0 Å². The minimum atomic E-state index is -1.06. The fourth-order valence-electron chi connectivity index (χ4n) is 3.28. The number of halogens is 1. The minimum absolute atomic E-state index is 0.0698. The molecule has 2 atom stereocenters. The lowest BCUT2D eigenvalue weighted by molar-refractivity contribution is -0.136. The number of carbonyl (C=O) groups is 1. The molecule has 2 aliphatic rings. The fraction of sp³-hybridized carbons (Fsp3) is 0.750. The highest BCUT2D eigenvalue weighted by molar-refractivity contribution is 5.85. The van der Waals surface area contributed by atoms with Gasteiger partial charge in [0.1, 0.15) is 12.2 Å². The molecule has 1 amide bonds. The first-order chi connectivity index (χ1) is 11.6. The van der Waals surface area contributed by atoms with Gasteiger partial charge in [-0.15, -0.1) is 5.10 Å². The van der Waals surface area contributed by atoms with Crippen LogP contribution in [0.5, 0.6) is 0 Å². The number of aryl methyl sites for hydroxylation is 2. The zero-order valence-corrected chi connectivity index (χ0v) is 14.2. The summed E-state index contributed by atoms with van der Waals surface area (Å²) in [6.45, 7) is 6.30. The Morgan fingerprint density at radius 3 is 2.58 bits per heavy atom. The first-order valence-corrected chi connectivity index (χ1v) is 8.63. The van der Waals surface area contributed by atoms with Crippen molar-refractivity contribution in [2.45, 2.75) is 45.3 Å². The second kappa shape index (κ2) is 7.38. The molecule has 7 nitrogen and oxygen atoms in total. The first-order valence-electron chi connectivity index (χ1n) is 8.63. The molecule has 0 saturated carbocycles. The standard InChI is InChI=1S/C16H24FN5O2/c1-3-12-13(4-2)19-20-16(18-12)22-10-11(17)9-14(22)15(23)21-5-7-24-8-6-21/h11,14H,3-10H2,1-2H3/t11-,14+/m1/s1. The molecule has 0 bridgehead atoms. The number of morpholine rings is 1. The summed E-state index contributed by atoms with van der Waals surface area (Å²) in [5, 5.41) is 8.38. The highest BCUT2D eigenvalue weighted by atomic mass is 19.1. The van der Waals surface area contributed by atoms with E-state index in [1.54, 1.807) is 9.80 Å². The Hall–Kier alpha value is -1.83. The van der Waals surface area contributed by atoms with Crippen LogP contribution >= 0.6 is 0 Å². The van der Waals surface area contributed by atoms with Crippen LogP contribution in [0, 0.1) is 0 Å². The van der Waals surface area contributed by atoms with Crippen LogP contribution < -0.4 is 4.90 Å². The van der Waals surface area contributed by atoms with E-state index in [1.165, 1.54) is 0 Å². The number of aromatic nitrogens is 3. The molecule has 8 heteroatoms. The van der Waals surface area contributed by atoms with Crippen LogP contribution in [-0.4, -0.2) is 71.0 Å². The lowest BCUT2D eigenvalue weighted by Crippen LogP contribution is -2.50. The van der Waals surface area contributed by atoms with E-state index in [1.807, 2.05) is 13.8 Å². The summed E-state index contributed by atoms with van der Waals surface area (Å²) in [6, 6.07) is -0.558. The Morgan fingerprint density at radius 2 is 1.92 bits per heavy atom. The zero-order valence-electron chi connectivity index (χ0n) is 14.2. The third-order valence-electron chi connectivity index (χ3n) is 4.61. The molecule has 2 saturated heterocycles. The molecule has 132 valence electrons. The Balaban J connectivity index is 1.83. The number of carbonyl (C=O) groups excluding carboxylic acids is 1. The number of anilines is 1. The van der Waals surface area contributed by atoms with Gasteiger partial charge >= 0.3 is 0 Å². The van der Waals surface area contributed by atoms with Crippen LogP contribution in [0.25, 0.3) is 0 Å². The van der Waals surface area contributed by atoms with Crippen LogP contribution in [-0.2, 0) is 22.4 Å². The van der Waals surface area contributed by atoms with Crippen molar-refractivity contribution < 1.29 is 13.9 Å². The lowest BCUT2D eigenvalue weighted by Gasteiger charge is -2.32. The van der Waals surface area contributed by atoms with Gasteiger partial charge in [-0.25, -0.2) is 9.37 Å². The maximum atomic E-state index is 14.1. The number of amides is 1. The van der Waals surface area contributed by atoms with Gasteiger partial charge in [-0.05, 0) is 12.8 Å². The molecule has 1 aromatic rings. The summed E-state index contributed by atoms with van der Waals surface area (Å²) in [7, 11) is 0. The number of nitrogens with zero attached hydrogens (tertiary/aromatic N) is 5. The largest absolute Gasteiger partial charge is 0.378 e. The van der Waals surface area contributed by atoms with E-state index in [2.05, 4.69) is 15.2 Å². The van der Waals surface area contributed by atoms with E-state index in [0.717, 1.165) is 24.2 Å². The van der Waals surface area contributed by atoms with Crippen molar-refractivity contribution >= 4 is 11.9 Å². The van der Waals surface area contributed by atoms with Gasteiger partial charge in [0.05, 0.1) is 31.1 Å². The van der Waals surface area contributed by atoms with Gasteiger partial charge < -0.3 is 14.5 Å². The van der Waals surface area contributed by atoms with Gasteiger partial charge in [-0.3, -0.25) is 4.79 Å². The van der Waals surface area contributed by atoms with Crippen LogP contribution in [0.1, 0.15) is 31.7 Å². The Kier molecular flexibility index (Phi) is 5.23. The lowest BCUT2D eigenvalue weighted by atomic mass is 10.1. The summed E-state index contributed by atoms with van der Waals surface area (Å²) in [6.07, 6.45) is 0.613. The molecule has 0 unspecified atom stereocenters. The van der Waals surface area contributed by atoms with Crippen molar-refractivity contribution in [1.82, 2.24) is 20.1 Å². The van der Waals surface area contributed by atoms with Gasteiger partial charge in [-0.2, -0.15) is 5.10 Å². The van der Waals surface area contributed by atoms with Crippen molar-refractivity contribution in [2.75, 3.05) is 37.7 Å². The maximum absolute atomic E-state index is 14.1. The predicted molar refractivity (Wildman–Crippen MR) is 86.6 cm³/mol. The van der Waals surface area contributed by atoms with Gasteiger partial charge in [0.25, 0.3) is 0 Å². The van der Waals surface area contributed by atoms with Crippen molar-refractivity contribution in [2.24, 2.45) is 0 Å². The topological polar surface area (TPSA) is 71.5 Å².